The predicted molar refractivity (Wildman–Crippen MR) is 88.8 cm³/mol. The summed E-state index contributed by atoms with van der Waals surface area (Å²) in [5.41, 5.74) is -1.50. The SMILES string of the molecule is N#CCCNS(=O)(=O)c1cc(S(=O)(=O)c2ccccc2)ccc1C(F)(F)F. The molecule has 0 amide bonds. The summed E-state index contributed by atoms with van der Waals surface area (Å²) in [6.45, 7) is -0.411. The molecule has 0 atom stereocenters. The van der Waals surface area contributed by atoms with Gasteiger partial charge in [0.2, 0.25) is 19.9 Å². The van der Waals surface area contributed by atoms with Crippen molar-refractivity contribution in [2.24, 2.45) is 0 Å². The maximum atomic E-state index is 13.2. The second kappa shape index (κ2) is 7.67. The van der Waals surface area contributed by atoms with Crippen molar-refractivity contribution < 1.29 is 30.0 Å². The Morgan fingerprint density at radius 3 is 2.15 bits per heavy atom. The topological polar surface area (TPSA) is 104 Å². The van der Waals surface area contributed by atoms with Crippen molar-refractivity contribution in [3.63, 3.8) is 0 Å². The van der Waals surface area contributed by atoms with E-state index in [0.717, 1.165) is 0 Å². The van der Waals surface area contributed by atoms with Gasteiger partial charge in [-0.15, -0.1) is 0 Å². The molecule has 0 saturated carbocycles. The van der Waals surface area contributed by atoms with E-state index >= 15 is 0 Å². The first-order chi connectivity index (χ1) is 12.5. The Hall–Kier alpha value is -2.42. The van der Waals surface area contributed by atoms with Crippen LogP contribution in [-0.4, -0.2) is 23.4 Å². The number of nitrogens with one attached hydrogen (secondary N) is 1. The molecule has 2 aromatic carbocycles. The third-order valence-corrected chi connectivity index (χ3v) is 6.71. The Bertz CT molecular complexity index is 1070. The second-order valence-electron chi connectivity index (χ2n) is 5.28. The van der Waals surface area contributed by atoms with E-state index in [0.29, 0.717) is 18.2 Å². The largest absolute Gasteiger partial charge is 0.417 e. The number of hydrogen-bond donors (Lipinski definition) is 1. The Kier molecular flexibility index (Phi) is 5.94. The molecule has 2 aromatic rings. The lowest BCUT2D eigenvalue weighted by molar-refractivity contribution is -0.139. The smallest absolute Gasteiger partial charge is 0.219 e. The number of hydrogen-bond acceptors (Lipinski definition) is 5. The van der Waals surface area contributed by atoms with Crippen LogP contribution in [0.25, 0.3) is 0 Å². The van der Waals surface area contributed by atoms with Crippen LogP contribution in [-0.2, 0) is 26.0 Å². The number of nitriles is 1. The first kappa shape index (κ1) is 20.9. The van der Waals surface area contributed by atoms with Gasteiger partial charge in [0.05, 0.1) is 26.3 Å². The molecule has 27 heavy (non-hydrogen) atoms. The number of sulfone groups is 1. The lowest BCUT2D eigenvalue weighted by atomic mass is 10.2. The third-order valence-electron chi connectivity index (χ3n) is 3.44. The molecule has 0 bridgehead atoms. The van der Waals surface area contributed by atoms with E-state index in [2.05, 4.69) is 0 Å². The normalized spacial score (nSPS) is 12.5. The van der Waals surface area contributed by atoms with Crippen LogP contribution in [0, 0.1) is 11.3 Å². The van der Waals surface area contributed by atoms with E-state index < -0.39 is 47.9 Å². The highest BCUT2D eigenvalue weighted by Gasteiger charge is 2.38. The summed E-state index contributed by atoms with van der Waals surface area (Å²) in [6.07, 6.45) is -5.28. The molecule has 144 valence electrons. The number of benzene rings is 2. The van der Waals surface area contributed by atoms with Gasteiger partial charge < -0.3 is 0 Å². The summed E-state index contributed by atoms with van der Waals surface area (Å²) < 4.78 is 91.3. The lowest BCUT2D eigenvalue weighted by Gasteiger charge is -2.15. The average molecular weight is 418 g/mol. The van der Waals surface area contributed by atoms with Crippen LogP contribution in [0.1, 0.15) is 12.0 Å². The number of halogens is 3. The van der Waals surface area contributed by atoms with Crippen molar-refractivity contribution in [2.45, 2.75) is 27.3 Å². The first-order valence-corrected chi connectivity index (χ1v) is 10.3. The molecule has 6 nitrogen and oxygen atoms in total. The van der Waals surface area contributed by atoms with Crippen LogP contribution in [0.15, 0.2) is 63.2 Å². The van der Waals surface area contributed by atoms with Crippen molar-refractivity contribution in [3.05, 3.63) is 54.1 Å². The van der Waals surface area contributed by atoms with Gasteiger partial charge in [0.25, 0.3) is 0 Å². The van der Waals surface area contributed by atoms with E-state index in [9.17, 15) is 30.0 Å². The highest BCUT2D eigenvalue weighted by Crippen LogP contribution is 2.36. The molecule has 0 fully saturated rings. The Labute approximate surface area is 154 Å². The number of nitrogens with zero attached hydrogens (tertiary/aromatic N) is 1. The summed E-state index contributed by atoms with van der Waals surface area (Å²) in [5, 5.41) is 8.45. The van der Waals surface area contributed by atoms with Crippen molar-refractivity contribution in [1.29, 1.82) is 5.26 Å². The van der Waals surface area contributed by atoms with Gasteiger partial charge in [0, 0.05) is 13.0 Å². The summed E-state index contributed by atoms with van der Waals surface area (Å²) in [5.74, 6) is 0. The standard InChI is InChI=1S/C16H13F3N2O4S2/c17-16(18,19)14-8-7-13(26(22,23)12-5-2-1-3-6-12)11-15(14)27(24,25)21-10-4-9-20/h1-3,5-8,11,21H,4,10H2. The molecule has 0 spiro atoms. The van der Waals surface area contributed by atoms with E-state index in [1.54, 1.807) is 12.1 Å². The molecule has 0 heterocycles. The molecular weight excluding hydrogens is 405 g/mol. The van der Waals surface area contributed by atoms with Crippen LogP contribution < -0.4 is 4.72 Å². The van der Waals surface area contributed by atoms with Crippen LogP contribution in [0.4, 0.5) is 13.2 Å². The molecule has 0 aromatic heterocycles. The summed E-state index contributed by atoms with van der Waals surface area (Å²) >= 11 is 0. The van der Waals surface area contributed by atoms with Gasteiger partial charge in [-0.1, -0.05) is 18.2 Å². The van der Waals surface area contributed by atoms with Crippen molar-refractivity contribution in [3.8, 4) is 6.07 Å². The predicted octanol–water partition coefficient (Wildman–Crippen LogP) is 2.73. The molecule has 0 saturated heterocycles. The van der Waals surface area contributed by atoms with E-state index in [4.69, 9.17) is 5.26 Å². The van der Waals surface area contributed by atoms with Crippen LogP contribution in [0.2, 0.25) is 0 Å². The zero-order chi connectivity index (χ0) is 20.3. The minimum Gasteiger partial charge on any atom is -0.219 e. The summed E-state index contributed by atoms with van der Waals surface area (Å²) in [4.78, 5) is -2.00. The molecule has 0 aliphatic rings. The van der Waals surface area contributed by atoms with E-state index in [1.165, 1.54) is 24.3 Å². The quantitative estimate of drug-likeness (QED) is 0.727. The van der Waals surface area contributed by atoms with Gasteiger partial charge in [-0.3, -0.25) is 0 Å². The maximum Gasteiger partial charge on any atom is 0.417 e. The fourth-order valence-electron chi connectivity index (χ4n) is 2.18. The highest BCUT2D eigenvalue weighted by atomic mass is 32.2. The molecular formula is C16H13F3N2O4S2. The Balaban J connectivity index is 2.64. The van der Waals surface area contributed by atoms with Crippen molar-refractivity contribution in [1.82, 2.24) is 4.72 Å². The molecule has 0 radical (unpaired) electrons. The van der Waals surface area contributed by atoms with Crippen LogP contribution >= 0.6 is 0 Å². The molecule has 11 heteroatoms. The van der Waals surface area contributed by atoms with Crippen molar-refractivity contribution >= 4 is 19.9 Å². The second-order valence-corrected chi connectivity index (χ2v) is 8.96. The molecule has 0 aliphatic heterocycles. The van der Waals surface area contributed by atoms with Gasteiger partial charge >= 0.3 is 6.18 Å². The zero-order valence-corrected chi connectivity index (χ0v) is 15.2. The van der Waals surface area contributed by atoms with Crippen LogP contribution in [0.5, 0.6) is 0 Å². The monoisotopic (exact) mass is 418 g/mol. The zero-order valence-electron chi connectivity index (χ0n) is 13.6. The lowest BCUT2D eigenvalue weighted by Crippen LogP contribution is -2.27. The molecule has 0 aliphatic carbocycles. The van der Waals surface area contributed by atoms with E-state index in [-0.39, 0.29) is 11.3 Å². The Morgan fingerprint density at radius 1 is 0.963 bits per heavy atom. The summed E-state index contributed by atoms with van der Waals surface area (Å²) in [7, 11) is -8.92. The minimum absolute atomic E-state index is 0.189. The van der Waals surface area contributed by atoms with Gasteiger partial charge in [-0.2, -0.15) is 18.4 Å². The molecule has 0 unspecified atom stereocenters. The number of rotatable bonds is 6. The molecule has 1 N–H and O–H groups in total. The fraction of sp³-hybridized carbons (Fsp3) is 0.188. The van der Waals surface area contributed by atoms with Crippen molar-refractivity contribution in [2.75, 3.05) is 6.54 Å². The van der Waals surface area contributed by atoms with Gasteiger partial charge in [-0.25, -0.2) is 21.6 Å². The highest BCUT2D eigenvalue weighted by molar-refractivity contribution is 7.91. The third kappa shape index (κ3) is 4.65. The number of alkyl halides is 3. The van der Waals surface area contributed by atoms with Gasteiger partial charge in [0.1, 0.15) is 0 Å². The summed E-state index contributed by atoms with van der Waals surface area (Å²) in [6, 6.07) is 10.1. The Morgan fingerprint density at radius 2 is 1.59 bits per heavy atom. The maximum absolute atomic E-state index is 13.2. The van der Waals surface area contributed by atoms with E-state index in [1.807, 2.05) is 4.72 Å². The van der Waals surface area contributed by atoms with Gasteiger partial charge in [-0.05, 0) is 30.3 Å². The van der Waals surface area contributed by atoms with Crippen LogP contribution in [0.3, 0.4) is 0 Å². The average Bonchev–Trinajstić information content (AvgIpc) is 2.61. The fourth-order valence-corrected chi connectivity index (χ4v) is 4.85. The molecule has 2 rings (SSSR count). The first-order valence-electron chi connectivity index (χ1n) is 7.38. The number of sulfonamides is 1. The van der Waals surface area contributed by atoms with Gasteiger partial charge in [0.15, 0.2) is 0 Å². The minimum atomic E-state index is -5.02.